The van der Waals surface area contributed by atoms with Crippen molar-refractivity contribution < 1.29 is 9.90 Å². The van der Waals surface area contributed by atoms with E-state index < -0.39 is 0 Å². The molecule has 2 aromatic rings. The van der Waals surface area contributed by atoms with Crippen molar-refractivity contribution in [1.82, 2.24) is 4.57 Å². The van der Waals surface area contributed by atoms with Crippen molar-refractivity contribution >= 4 is 23.2 Å². The van der Waals surface area contributed by atoms with Crippen LogP contribution in [-0.2, 0) is 6.54 Å². The van der Waals surface area contributed by atoms with Crippen LogP contribution >= 0.6 is 11.6 Å². The number of aromatic hydroxyl groups is 1. The number of aromatic nitrogens is 1. The monoisotopic (exact) mass is 278 g/mol. The highest BCUT2D eigenvalue weighted by Crippen LogP contribution is 2.21. The van der Waals surface area contributed by atoms with Gasteiger partial charge in [-0.2, -0.15) is 0 Å². The standard InChI is InChI=1S/C14H15ClN2O2/c1-3-17-9-10(15)8-13(17)14(19)16(2)11-4-6-12(18)7-5-11/h4-9,18H,3H2,1-2H3. The summed E-state index contributed by atoms with van der Waals surface area (Å²) in [5.41, 5.74) is 1.26. The number of rotatable bonds is 3. The molecule has 0 bridgehead atoms. The molecule has 0 atom stereocenters. The number of anilines is 1. The van der Waals surface area contributed by atoms with E-state index in [2.05, 4.69) is 0 Å². The Morgan fingerprint density at radius 3 is 2.58 bits per heavy atom. The first-order valence-electron chi connectivity index (χ1n) is 5.95. The van der Waals surface area contributed by atoms with Gasteiger partial charge in [0.05, 0.1) is 5.02 Å². The fourth-order valence-electron chi connectivity index (χ4n) is 1.88. The minimum Gasteiger partial charge on any atom is -0.508 e. The molecular formula is C14H15ClN2O2. The van der Waals surface area contributed by atoms with E-state index in [0.29, 0.717) is 22.9 Å². The lowest BCUT2D eigenvalue weighted by molar-refractivity contribution is 0.0984. The van der Waals surface area contributed by atoms with Gasteiger partial charge in [-0.25, -0.2) is 0 Å². The van der Waals surface area contributed by atoms with E-state index in [9.17, 15) is 9.90 Å². The fraction of sp³-hybridized carbons (Fsp3) is 0.214. The third-order valence-corrected chi connectivity index (χ3v) is 3.17. The molecule has 0 unspecified atom stereocenters. The molecule has 0 radical (unpaired) electrons. The lowest BCUT2D eigenvalue weighted by atomic mass is 10.2. The van der Waals surface area contributed by atoms with E-state index in [4.69, 9.17) is 11.6 Å². The topological polar surface area (TPSA) is 45.5 Å². The Morgan fingerprint density at radius 2 is 2.00 bits per heavy atom. The van der Waals surface area contributed by atoms with Gasteiger partial charge in [-0.3, -0.25) is 4.79 Å². The minimum absolute atomic E-state index is 0.139. The van der Waals surface area contributed by atoms with E-state index in [1.165, 1.54) is 4.90 Å². The summed E-state index contributed by atoms with van der Waals surface area (Å²) in [6, 6.07) is 8.13. The molecule has 4 nitrogen and oxygen atoms in total. The lowest BCUT2D eigenvalue weighted by Crippen LogP contribution is -2.28. The van der Waals surface area contributed by atoms with Gasteiger partial charge in [-0.1, -0.05) is 11.6 Å². The molecule has 2 rings (SSSR count). The van der Waals surface area contributed by atoms with Crippen LogP contribution in [0.2, 0.25) is 5.02 Å². The van der Waals surface area contributed by atoms with Crippen LogP contribution in [0.5, 0.6) is 5.75 Å². The highest BCUT2D eigenvalue weighted by molar-refractivity contribution is 6.31. The average Bonchev–Trinajstić information content (AvgIpc) is 2.79. The number of aryl methyl sites for hydroxylation is 1. The van der Waals surface area contributed by atoms with Gasteiger partial charge in [-0.05, 0) is 37.3 Å². The fourth-order valence-corrected chi connectivity index (χ4v) is 2.10. The minimum atomic E-state index is -0.139. The van der Waals surface area contributed by atoms with Crippen LogP contribution in [0.1, 0.15) is 17.4 Å². The van der Waals surface area contributed by atoms with Crippen molar-refractivity contribution in [3.63, 3.8) is 0 Å². The SMILES string of the molecule is CCn1cc(Cl)cc1C(=O)N(C)c1ccc(O)cc1. The molecule has 0 fully saturated rings. The number of halogens is 1. The molecule has 0 aliphatic rings. The number of hydrogen-bond acceptors (Lipinski definition) is 2. The normalized spacial score (nSPS) is 10.5. The molecule has 1 heterocycles. The number of hydrogen-bond donors (Lipinski definition) is 1. The maximum Gasteiger partial charge on any atom is 0.274 e. The molecule has 0 aliphatic carbocycles. The number of amides is 1. The van der Waals surface area contributed by atoms with Gasteiger partial charge in [0.2, 0.25) is 0 Å². The third kappa shape index (κ3) is 2.74. The summed E-state index contributed by atoms with van der Waals surface area (Å²) in [5, 5.41) is 9.80. The Labute approximate surface area is 116 Å². The second-order valence-electron chi connectivity index (χ2n) is 4.21. The highest BCUT2D eigenvalue weighted by Gasteiger charge is 2.18. The summed E-state index contributed by atoms with van der Waals surface area (Å²) in [4.78, 5) is 13.9. The van der Waals surface area contributed by atoms with Gasteiger partial charge in [0.25, 0.3) is 5.91 Å². The predicted octanol–water partition coefficient (Wildman–Crippen LogP) is 3.14. The quantitative estimate of drug-likeness (QED) is 0.937. The van der Waals surface area contributed by atoms with Crippen LogP contribution in [0.15, 0.2) is 36.5 Å². The molecule has 1 aromatic heterocycles. The average molecular weight is 279 g/mol. The Balaban J connectivity index is 2.30. The van der Waals surface area contributed by atoms with Crippen molar-refractivity contribution in [3.8, 4) is 5.75 Å². The van der Waals surface area contributed by atoms with Crippen molar-refractivity contribution in [3.05, 3.63) is 47.2 Å². The first-order valence-corrected chi connectivity index (χ1v) is 6.33. The van der Waals surface area contributed by atoms with Gasteiger partial charge < -0.3 is 14.6 Å². The second-order valence-corrected chi connectivity index (χ2v) is 4.65. The zero-order valence-electron chi connectivity index (χ0n) is 10.8. The number of carbonyl (C=O) groups excluding carboxylic acids is 1. The van der Waals surface area contributed by atoms with Crippen LogP contribution in [-0.4, -0.2) is 22.6 Å². The summed E-state index contributed by atoms with van der Waals surface area (Å²) in [6.07, 6.45) is 1.74. The maximum absolute atomic E-state index is 12.4. The first-order chi connectivity index (χ1) is 9.02. The van der Waals surface area contributed by atoms with Crippen LogP contribution in [0.25, 0.3) is 0 Å². The van der Waals surface area contributed by atoms with Crippen molar-refractivity contribution in [1.29, 1.82) is 0 Å². The van der Waals surface area contributed by atoms with Crippen molar-refractivity contribution in [2.24, 2.45) is 0 Å². The molecular weight excluding hydrogens is 264 g/mol. The molecule has 0 spiro atoms. The number of benzene rings is 1. The Bertz CT molecular complexity index is 590. The summed E-state index contributed by atoms with van der Waals surface area (Å²) in [7, 11) is 1.69. The largest absolute Gasteiger partial charge is 0.508 e. The number of phenols is 1. The van der Waals surface area contributed by atoms with E-state index in [0.717, 1.165) is 0 Å². The molecule has 0 aliphatic heterocycles. The zero-order chi connectivity index (χ0) is 14.0. The van der Waals surface area contributed by atoms with Gasteiger partial charge in [-0.15, -0.1) is 0 Å². The molecule has 19 heavy (non-hydrogen) atoms. The summed E-state index contributed by atoms with van der Waals surface area (Å²) >= 11 is 5.94. The Hall–Kier alpha value is -1.94. The molecule has 5 heteroatoms. The lowest BCUT2D eigenvalue weighted by Gasteiger charge is -2.18. The van der Waals surface area contributed by atoms with Gasteiger partial charge in [0.1, 0.15) is 11.4 Å². The zero-order valence-corrected chi connectivity index (χ0v) is 11.6. The molecule has 1 amide bonds. The number of carbonyl (C=O) groups is 1. The van der Waals surface area contributed by atoms with Crippen LogP contribution in [0.4, 0.5) is 5.69 Å². The number of phenolic OH excluding ortho intramolecular Hbond substituents is 1. The molecule has 0 saturated heterocycles. The highest BCUT2D eigenvalue weighted by atomic mass is 35.5. The van der Waals surface area contributed by atoms with Crippen molar-refractivity contribution in [2.75, 3.05) is 11.9 Å². The first kappa shape index (κ1) is 13.5. The Morgan fingerprint density at radius 1 is 1.37 bits per heavy atom. The summed E-state index contributed by atoms with van der Waals surface area (Å²) in [5.74, 6) is 0.0315. The van der Waals surface area contributed by atoms with E-state index >= 15 is 0 Å². The summed E-state index contributed by atoms with van der Waals surface area (Å²) in [6.45, 7) is 2.63. The molecule has 1 aromatic carbocycles. The van der Waals surface area contributed by atoms with E-state index in [1.54, 1.807) is 43.6 Å². The second kappa shape index (κ2) is 5.36. The summed E-state index contributed by atoms with van der Waals surface area (Å²) < 4.78 is 1.81. The third-order valence-electron chi connectivity index (χ3n) is 2.96. The van der Waals surface area contributed by atoms with Gasteiger partial charge in [0.15, 0.2) is 0 Å². The molecule has 100 valence electrons. The predicted molar refractivity (Wildman–Crippen MR) is 76.0 cm³/mol. The van der Waals surface area contributed by atoms with Crippen LogP contribution in [0.3, 0.4) is 0 Å². The smallest absolute Gasteiger partial charge is 0.274 e. The molecule has 0 saturated carbocycles. The van der Waals surface area contributed by atoms with E-state index in [1.807, 2.05) is 11.5 Å². The Kier molecular flexibility index (Phi) is 3.81. The van der Waals surface area contributed by atoms with E-state index in [-0.39, 0.29) is 11.7 Å². The maximum atomic E-state index is 12.4. The van der Waals surface area contributed by atoms with Crippen LogP contribution < -0.4 is 4.90 Å². The van der Waals surface area contributed by atoms with Crippen molar-refractivity contribution in [2.45, 2.75) is 13.5 Å². The van der Waals surface area contributed by atoms with Crippen LogP contribution in [0, 0.1) is 0 Å². The molecule has 1 N–H and O–H groups in total. The number of nitrogens with zero attached hydrogens (tertiary/aromatic N) is 2. The van der Waals surface area contributed by atoms with Gasteiger partial charge >= 0.3 is 0 Å². The van der Waals surface area contributed by atoms with Gasteiger partial charge in [0, 0.05) is 25.5 Å².